The van der Waals surface area contributed by atoms with Crippen molar-refractivity contribution in [3.8, 4) is 12.3 Å². The van der Waals surface area contributed by atoms with Crippen LogP contribution in [0.3, 0.4) is 0 Å². The summed E-state index contributed by atoms with van der Waals surface area (Å²) in [5.74, 6) is 2.65. The van der Waals surface area contributed by atoms with Gasteiger partial charge in [0.15, 0.2) is 0 Å². The summed E-state index contributed by atoms with van der Waals surface area (Å²) in [6.45, 7) is 6.11. The number of halogens is 1. The van der Waals surface area contributed by atoms with E-state index in [-0.39, 0.29) is 6.04 Å². The largest absolute Gasteiger partial charge is 0.371 e. The van der Waals surface area contributed by atoms with Crippen molar-refractivity contribution in [2.75, 3.05) is 5.32 Å². The fourth-order valence-corrected chi connectivity index (χ4v) is 2.14. The van der Waals surface area contributed by atoms with Gasteiger partial charge in [0.2, 0.25) is 0 Å². The first-order valence-electron chi connectivity index (χ1n) is 4.54. The van der Waals surface area contributed by atoms with Crippen molar-refractivity contribution in [2.24, 2.45) is 0 Å². The second-order valence-corrected chi connectivity index (χ2v) is 4.33. The second kappa shape index (κ2) is 4.52. The molecule has 1 atom stereocenters. The highest BCUT2D eigenvalue weighted by molar-refractivity contribution is 9.10. The molecule has 0 aliphatic heterocycles. The van der Waals surface area contributed by atoms with E-state index in [4.69, 9.17) is 6.42 Å². The van der Waals surface area contributed by atoms with Gasteiger partial charge in [-0.3, -0.25) is 0 Å². The molecular formula is C12H14BrN. The maximum atomic E-state index is 5.32. The number of anilines is 1. The Kier molecular flexibility index (Phi) is 3.60. The average molecular weight is 252 g/mol. The zero-order valence-electron chi connectivity index (χ0n) is 8.69. The normalized spacial score (nSPS) is 11.9. The van der Waals surface area contributed by atoms with Gasteiger partial charge in [-0.1, -0.05) is 12.0 Å². The van der Waals surface area contributed by atoms with Gasteiger partial charge in [0, 0.05) is 4.47 Å². The van der Waals surface area contributed by atoms with Gasteiger partial charge in [-0.05, 0) is 53.9 Å². The topological polar surface area (TPSA) is 12.0 Å². The molecule has 0 bridgehead atoms. The van der Waals surface area contributed by atoms with Crippen LogP contribution in [-0.4, -0.2) is 6.04 Å². The highest BCUT2D eigenvalue weighted by Gasteiger charge is 2.06. The minimum Gasteiger partial charge on any atom is -0.371 e. The summed E-state index contributed by atoms with van der Waals surface area (Å²) in [5, 5.41) is 3.27. The van der Waals surface area contributed by atoms with Crippen molar-refractivity contribution in [1.82, 2.24) is 0 Å². The predicted octanol–water partition coefficient (Wildman–Crippen LogP) is 3.50. The van der Waals surface area contributed by atoms with E-state index in [1.165, 1.54) is 11.1 Å². The highest BCUT2D eigenvalue weighted by atomic mass is 79.9. The Morgan fingerprint density at radius 3 is 2.57 bits per heavy atom. The Balaban J connectivity index is 3.04. The van der Waals surface area contributed by atoms with Crippen LogP contribution in [0.1, 0.15) is 18.1 Å². The number of hydrogen-bond acceptors (Lipinski definition) is 1. The quantitative estimate of drug-likeness (QED) is 0.794. The molecule has 74 valence electrons. The van der Waals surface area contributed by atoms with E-state index in [0.717, 1.165) is 10.2 Å². The molecule has 0 aromatic heterocycles. The molecule has 1 rings (SSSR count). The van der Waals surface area contributed by atoms with Crippen molar-refractivity contribution < 1.29 is 0 Å². The number of nitrogens with one attached hydrogen (secondary N) is 1. The van der Waals surface area contributed by atoms with Crippen molar-refractivity contribution in [3.63, 3.8) is 0 Å². The van der Waals surface area contributed by atoms with Crippen LogP contribution in [0.25, 0.3) is 0 Å². The van der Waals surface area contributed by atoms with Crippen molar-refractivity contribution in [3.05, 3.63) is 27.7 Å². The zero-order chi connectivity index (χ0) is 10.7. The Bertz CT molecular complexity index is 353. The van der Waals surface area contributed by atoms with Crippen LogP contribution in [0, 0.1) is 26.2 Å². The van der Waals surface area contributed by atoms with Crippen LogP contribution in [-0.2, 0) is 0 Å². The van der Waals surface area contributed by atoms with Gasteiger partial charge < -0.3 is 5.32 Å². The van der Waals surface area contributed by atoms with E-state index in [2.05, 4.69) is 53.1 Å². The molecule has 1 aromatic rings. The molecule has 2 heteroatoms. The van der Waals surface area contributed by atoms with Gasteiger partial charge in [-0.25, -0.2) is 0 Å². The molecule has 14 heavy (non-hydrogen) atoms. The molecule has 1 N–H and O–H groups in total. The SMILES string of the molecule is C#CC(C)Nc1c(C)cc(C)cc1Br. The molecule has 0 spiro atoms. The van der Waals surface area contributed by atoms with Gasteiger partial charge in [-0.15, -0.1) is 6.42 Å². The Morgan fingerprint density at radius 2 is 2.07 bits per heavy atom. The van der Waals surface area contributed by atoms with Crippen molar-refractivity contribution in [1.29, 1.82) is 0 Å². The van der Waals surface area contributed by atoms with E-state index in [0.29, 0.717) is 0 Å². The van der Waals surface area contributed by atoms with Crippen LogP contribution >= 0.6 is 15.9 Å². The summed E-state index contributed by atoms with van der Waals surface area (Å²) in [5.41, 5.74) is 3.54. The molecule has 0 aliphatic rings. The van der Waals surface area contributed by atoms with E-state index >= 15 is 0 Å². The van der Waals surface area contributed by atoms with E-state index < -0.39 is 0 Å². The number of terminal acetylenes is 1. The molecule has 0 amide bonds. The lowest BCUT2D eigenvalue weighted by Crippen LogP contribution is -2.13. The molecule has 0 fully saturated rings. The predicted molar refractivity (Wildman–Crippen MR) is 65.5 cm³/mol. The standard InChI is InChI=1S/C12H14BrN/c1-5-10(4)14-12-9(3)6-8(2)7-11(12)13/h1,6-7,10,14H,2-4H3. The number of hydrogen-bond donors (Lipinski definition) is 1. The first-order chi connectivity index (χ1) is 6.54. The second-order valence-electron chi connectivity index (χ2n) is 3.47. The maximum Gasteiger partial charge on any atom is 0.0846 e. The number of rotatable bonds is 2. The summed E-state index contributed by atoms with van der Waals surface area (Å²) in [6.07, 6.45) is 5.32. The van der Waals surface area contributed by atoms with Crippen LogP contribution in [0.15, 0.2) is 16.6 Å². The van der Waals surface area contributed by atoms with Crippen LogP contribution in [0.5, 0.6) is 0 Å². The molecule has 0 heterocycles. The van der Waals surface area contributed by atoms with Crippen LogP contribution < -0.4 is 5.32 Å². The summed E-state index contributed by atoms with van der Waals surface area (Å²) in [7, 11) is 0. The number of benzene rings is 1. The summed E-state index contributed by atoms with van der Waals surface area (Å²) >= 11 is 3.52. The van der Waals surface area contributed by atoms with E-state index in [9.17, 15) is 0 Å². The maximum absolute atomic E-state index is 5.32. The molecule has 1 aromatic carbocycles. The third kappa shape index (κ3) is 2.52. The monoisotopic (exact) mass is 251 g/mol. The van der Waals surface area contributed by atoms with Gasteiger partial charge >= 0.3 is 0 Å². The first-order valence-corrected chi connectivity index (χ1v) is 5.33. The Hall–Kier alpha value is -0.940. The van der Waals surface area contributed by atoms with Gasteiger partial charge in [0.25, 0.3) is 0 Å². The third-order valence-corrected chi connectivity index (χ3v) is 2.67. The minimum absolute atomic E-state index is 0.0488. The fraction of sp³-hybridized carbons (Fsp3) is 0.333. The summed E-state index contributed by atoms with van der Waals surface area (Å²) in [6, 6.07) is 4.27. The molecule has 1 unspecified atom stereocenters. The highest BCUT2D eigenvalue weighted by Crippen LogP contribution is 2.28. The molecule has 1 nitrogen and oxygen atoms in total. The van der Waals surface area contributed by atoms with Gasteiger partial charge in [0.05, 0.1) is 11.7 Å². The molecule has 0 radical (unpaired) electrons. The van der Waals surface area contributed by atoms with Gasteiger partial charge in [0.1, 0.15) is 0 Å². The van der Waals surface area contributed by atoms with Crippen LogP contribution in [0.4, 0.5) is 5.69 Å². The van der Waals surface area contributed by atoms with Crippen molar-refractivity contribution >= 4 is 21.6 Å². The number of aryl methyl sites for hydroxylation is 2. The molecular weight excluding hydrogens is 238 g/mol. The lowest BCUT2D eigenvalue weighted by Gasteiger charge is -2.14. The molecule has 0 saturated heterocycles. The van der Waals surface area contributed by atoms with Crippen LogP contribution in [0.2, 0.25) is 0 Å². The lowest BCUT2D eigenvalue weighted by atomic mass is 10.1. The Labute approximate surface area is 94.0 Å². The molecule has 0 aliphatic carbocycles. The minimum atomic E-state index is 0.0488. The van der Waals surface area contributed by atoms with Crippen molar-refractivity contribution in [2.45, 2.75) is 26.8 Å². The summed E-state index contributed by atoms with van der Waals surface area (Å²) in [4.78, 5) is 0. The fourth-order valence-electron chi connectivity index (χ4n) is 1.36. The van der Waals surface area contributed by atoms with E-state index in [1.807, 2.05) is 6.92 Å². The lowest BCUT2D eigenvalue weighted by molar-refractivity contribution is 1.03. The molecule has 0 saturated carbocycles. The summed E-state index contributed by atoms with van der Waals surface area (Å²) < 4.78 is 1.07. The third-order valence-electron chi connectivity index (χ3n) is 2.04. The Morgan fingerprint density at radius 1 is 1.43 bits per heavy atom. The van der Waals surface area contributed by atoms with E-state index in [1.54, 1.807) is 0 Å². The first kappa shape index (κ1) is 11.1. The smallest absolute Gasteiger partial charge is 0.0846 e. The van der Waals surface area contributed by atoms with Gasteiger partial charge in [-0.2, -0.15) is 0 Å². The average Bonchev–Trinajstić information content (AvgIpc) is 2.10. The zero-order valence-corrected chi connectivity index (χ0v) is 10.3.